The van der Waals surface area contributed by atoms with Gasteiger partial charge in [-0.25, -0.2) is 0 Å². The highest BCUT2D eigenvalue weighted by molar-refractivity contribution is 7.74. The maximum Gasteiger partial charge on any atom is -0.0120 e. The first-order valence-electron chi connectivity index (χ1n) is 20.7. The SMILES string of the molecule is CCCCCCCCCCP(CCCCCCCCCC)CP(CCCCCCCCCC)CCCCCCCCCC. The molecule has 0 bridgehead atoms. The van der Waals surface area contributed by atoms with E-state index in [-0.39, 0.29) is 0 Å². The van der Waals surface area contributed by atoms with Crippen LogP contribution < -0.4 is 0 Å². The zero-order chi connectivity index (χ0) is 31.3. The van der Waals surface area contributed by atoms with Gasteiger partial charge in [0.25, 0.3) is 0 Å². The summed E-state index contributed by atoms with van der Waals surface area (Å²) in [6.07, 6.45) is 54.0. The molecule has 0 N–H and O–H groups in total. The highest BCUT2D eigenvalue weighted by Gasteiger charge is 2.16. The summed E-state index contributed by atoms with van der Waals surface area (Å²) in [5, 5.41) is 0. The molecule has 0 aliphatic rings. The minimum absolute atomic E-state index is 0.299. The fourth-order valence-electron chi connectivity index (χ4n) is 6.67. The van der Waals surface area contributed by atoms with Gasteiger partial charge in [0.05, 0.1) is 0 Å². The van der Waals surface area contributed by atoms with E-state index in [1.54, 1.807) is 56.2 Å². The number of rotatable bonds is 38. The molecule has 0 saturated heterocycles. The van der Waals surface area contributed by atoms with Crippen molar-refractivity contribution in [1.82, 2.24) is 0 Å². The highest BCUT2D eigenvalue weighted by Crippen LogP contribution is 2.53. The van der Waals surface area contributed by atoms with Crippen LogP contribution in [-0.2, 0) is 0 Å². The molecule has 0 aliphatic heterocycles. The number of hydrogen-bond donors (Lipinski definition) is 0. The molecule has 0 unspecified atom stereocenters. The summed E-state index contributed by atoms with van der Waals surface area (Å²) in [5.74, 6) is 1.70. The van der Waals surface area contributed by atoms with E-state index in [0.29, 0.717) is 15.8 Å². The molecule has 0 fully saturated rings. The van der Waals surface area contributed by atoms with Gasteiger partial charge in [-0.05, 0) is 56.2 Å². The lowest BCUT2D eigenvalue weighted by atomic mass is 10.1. The van der Waals surface area contributed by atoms with E-state index >= 15 is 0 Å². The monoisotopic (exact) mass is 641 g/mol. The molecular formula is C41H86P2. The minimum Gasteiger partial charge on any atom is -0.102 e. The third kappa shape index (κ3) is 35.6. The van der Waals surface area contributed by atoms with Gasteiger partial charge in [0, 0.05) is 0 Å². The van der Waals surface area contributed by atoms with Crippen LogP contribution in [0.15, 0.2) is 0 Å². The molecule has 43 heavy (non-hydrogen) atoms. The molecule has 0 heterocycles. The van der Waals surface area contributed by atoms with Crippen molar-refractivity contribution in [2.24, 2.45) is 0 Å². The Bertz CT molecular complexity index is 396. The first-order valence-corrected chi connectivity index (χ1v) is 24.5. The van der Waals surface area contributed by atoms with Gasteiger partial charge in [-0.1, -0.05) is 207 Å². The maximum absolute atomic E-state index is 2.34. The van der Waals surface area contributed by atoms with E-state index in [0.717, 1.165) is 0 Å². The minimum atomic E-state index is 0.299. The van der Waals surface area contributed by atoms with E-state index in [1.165, 1.54) is 180 Å². The van der Waals surface area contributed by atoms with E-state index < -0.39 is 0 Å². The standard InChI is InChI=1S/C41H86P2/c1-5-9-13-17-21-25-29-33-37-42(38-34-30-26-22-18-14-10-6-2)41-43(39-35-31-27-23-19-15-11-7-3)40-36-32-28-24-20-16-12-8-4/h5-41H2,1-4H3. The van der Waals surface area contributed by atoms with Crippen molar-refractivity contribution in [2.75, 3.05) is 30.6 Å². The Kier molecular flexibility index (Phi) is 39.8. The lowest BCUT2D eigenvalue weighted by molar-refractivity contribution is 0.583. The second kappa shape index (κ2) is 39.0. The van der Waals surface area contributed by atoms with E-state index in [9.17, 15) is 0 Å². The van der Waals surface area contributed by atoms with Crippen LogP contribution in [0.25, 0.3) is 0 Å². The van der Waals surface area contributed by atoms with Crippen molar-refractivity contribution >= 4 is 15.8 Å². The zero-order valence-electron chi connectivity index (χ0n) is 31.1. The average molecular weight is 641 g/mol. The Hall–Kier alpha value is 0.860. The molecule has 0 spiro atoms. The van der Waals surface area contributed by atoms with Crippen LogP contribution in [0.2, 0.25) is 0 Å². The second-order valence-corrected chi connectivity index (χ2v) is 19.9. The number of hydrogen-bond acceptors (Lipinski definition) is 0. The van der Waals surface area contributed by atoms with Crippen molar-refractivity contribution in [2.45, 2.75) is 233 Å². The Labute approximate surface area is 278 Å². The summed E-state index contributed by atoms with van der Waals surface area (Å²) in [7, 11) is 0.599. The first-order chi connectivity index (χ1) is 21.3. The predicted molar refractivity (Wildman–Crippen MR) is 209 cm³/mol. The molecule has 0 aromatic carbocycles. The molecule has 0 radical (unpaired) electrons. The van der Waals surface area contributed by atoms with Gasteiger partial charge in [0.15, 0.2) is 0 Å². The van der Waals surface area contributed by atoms with Crippen LogP contribution in [0.1, 0.15) is 233 Å². The first kappa shape index (κ1) is 43.9. The van der Waals surface area contributed by atoms with Crippen LogP contribution in [-0.4, -0.2) is 30.6 Å². The van der Waals surface area contributed by atoms with Crippen molar-refractivity contribution in [3.8, 4) is 0 Å². The van der Waals surface area contributed by atoms with Crippen LogP contribution in [0.3, 0.4) is 0 Å². The Balaban J connectivity index is 4.68. The summed E-state index contributed by atoms with van der Waals surface area (Å²) < 4.78 is 0. The Morgan fingerprint density at radius 2 is 0.372 bits per heavy atom. The van der Waals surface area contributed by atoms with Gasteiger partial charge < -0.3 is 0 Å². The lowest BCUT2D eigenvalue weighted by Gasteiger charge is -2.25. The average Bonchev–Trinajstić information content (AvgIpc) is 3.01. The van der Waals surface area contributed by atoms with Crippen LogP contribution in [0, 0.1) is 0 Å². The van der Waals surface area contributed by atoms with E-state index in [2.05, 4.69) is 27.7 Å². The smallest absolute Gasteiger partial charge is 0.0120 e. The number of unbranched alkanes of at least 4 members (excludes halogenated alkanes) is 28. The largest absolute Gasteiger partial charge is 0.102 e. The summed E-state index contributed by atoms with van der Waals surface area (Å²) in [4.78, 5) is 0. The van der Waals surface area contributed by atoms with Gasteiger partial charge in [0.2, 0.25) is 0 Å². The molecule has 0 rings (SSSR count). The molecule has 0 nitrogen and oxygen atoms in total. The van der Waals surface area contributed by atoms with Gasteiger partial charge in [-0.3, -0.25) is 0 Å². The van der Waals surface area contributed by atoms with E-state index in [4.69, 9.17) is 0 Å². The quantitative estimate of drug-likeness (QED) is 0.0465. The Morgan fingerprint density at radius 3 is 0.558 bits per heavy atom. The van der Waals surface area contributed by atoms with Crippen LogP contribution in [0.4, 0.5) is 0 Å². The molecule has 2 heteroatoms. The maximum atomic E-state index is 2.34. The van der Waals surface area contributed by atoms with Crippen molar-refractivity contribution in [3.63, 3.8) is 0 Å². The molecule has 0 saturated carbocycles. The normalized spacial score (nSPS) is 11.9. The van der Waals surface area contributed by atoms with Crippen LogP contribution >= 0.6 is 15.8 Å². The second-order valence-electron chi connectivity index (χ2n) is 14.3. The van der Waals surface area contributed by atoms with Crippen LogP contribution in [0.5, 0.6) is 0 Å². The highest BCUT2D eigenvalue weighted by atomic mass is 31.2. The van der Waals surface area contributed by atoms with Crippen molar-refractivity contribution in [3.05, 3.63) is 0 Å². The Morgan fingerprint density at radius 1 is 0.209 bits per heavy atom. The molecule has 0 amide bonds. The lowest BCUT2D eigenvalue weighted by Crippen LogP contribution is -2.01. The molecule has 0 aromatic rings. The fraction of sp³-hybridized carbons (Fsp3) is 1.00. The fourth-order valence-corrected chi connectivity index (χ4v) is 14.3. The van der Waals surface area contributed by atoms with Crippen molar-refractivity contribution in [1.29, 1.82) is 0 Å². The molecule has 260 valence electrons. The molecule has 0 aliphatic carbocycles. The van der Waals surface area contributed by atoms with Crippen molar-refractivity contribution < 1.29 is 0 Å². The summed E-state index contributed by atoms with van der Waals surface area (Å²) in [6, 6.07) is 0. The molecule has 0 atom stereocenters. The topological polar surface area (TPSA) is 0 Å². The summed E-state index contributed by atoms with van der Waals surface area (Å²) in [5.41, 5.74) is 0. The third-order valence-electron chi connectivity index (χ3n) is 9.71. The van der Waals surface area contributed by atoms with Gasteiger partial charge in [-0.2, -0.15) is 0 Å². The van der Waals surface area contributed by atoms with Gasteiger partial charge in [0.1, 0.15) is 0 Å². The molecular weight excluding hydrogens is 554 g/mol. The molecule has 0 aromatic heterocycles. The van der Waals surface area contributed by atoms with Gasteiger partial charge >= 0.3 is 0 Å². The summed E-state index contributed by atoms with van der Waals surface area (Å²) in [6.45, 7) is 9.36. The predicted octanol–water partition coefficient (Wildman–Crippen LogP) is 16.5. The van der Waals surface area contributed by atoms with Gasteiger partial charge in [-0.15, -0.1) is 15.8 Å². The summed E-state index contributed by atoms with van der Waals surface area (Å²) >= 11 is 0. The zero-order valence-corrected chi connectivity index (χ0v) is 32.8. The third-order valence-corrected chi connectivity index (χ3v) is 16.7. The van der Waals surface area contributed by atoms with E-state index in [1.807, 2.05) is 0 Å².